The van der Waals surface area contributed by atoms with Crippen molar-refractivity contribution in [2.45, 2.75) is 13.1 Å². The molecule has 0 radical (unpaired) electrons. The van der Waals surface area contributed by atoms with Crippen LogP contribution in [0.5, 0.6) is 0 Å². The number of nitrogens with zero attached hydrogens (tertiary/aromatic N) is 1. The fourth-order valence-electron chi connectivity index (χ4n) is 2.30. The van der Waals surface area contributed by atoms with E-state index in [1.807, 2.05) is 0 Å². The Bertz CT molecular complexity index is 447. The second kappa shape index (κ2) is 2.82. The van der Waals surface area contributed by atoms with Gasteiger partial charge in [0.05, 0.1) is 0 Å². The molecule has 1 aliphatic heterocycles. The highest BCUT2D eigenvalue weighted by molar-refractivity contribution is 5.89. The minimum atomic E-state index is 0.967. The summed E-state index contributed by atoms with van der Waals surface area (Å²) in [5.41, 5.74) is 2.80. The van der Waals surface area contributed by atoms with Crippen molar-refractivity contribution in [3.8, 4) is 0 Å². The van der Waals surface area contributed by atoms with Gasteiger partial charge in [0.2, 0.25) is 0 Å². The third-order valence-corrected chi connectivity index (χ3v) is 2.87. The lowest BCUT2D eigenvalue weighted by molar-refractivity contribution is 0.350. The molecule has 14 heavy (non-hydrogen) atoms. The molecule has 0 spiro atoms. The first-order chi connectivity index (χ1) is 6.84. The highest BCUT2D eigenvalue weighted by Gasteiger charge is 2.11. The largest absolute Gasteiger partial charge is 0.452 e. The molecule has 2 aromatic rings. The van der Waals surface area contributed by atoms with Crippen LogP contribution in [0.4, 0.5) is 0 Å². The van der Waals surface area contributed by atoms with E-state index in [2.05, 4.69) is 48.3 Å². The first-order valence-electron chi connectivity index (χ1n) is 4.89. The van der Waals surface area contributed by atoms with Crippen molar-refractivity contribution in [1.82, 2.24) is 4.90 Å². The van der Waals surface area contributed by atoms with Crippen molar-refractivity contribution in [2.24, 2.45) is 0 Å². The Morgan fingerprint density at radius 1 is 0.929 bits per heavy atom. The van der Waals surface area contributed by atoms with Gasteiger partial charge >= 0.3 is 0 Å². The minimum Gasteiger partial charge on any atom is -0.452 e. The first-order valence-corrected chi connectivity index (χ1v) is 4.89. The van der Waals surface area contributed by atoms with Crippen LogP contribution in [-0.2, 0) is 13.1 Å². The summed E-state index contributed by atoms with van der Waals surface area (Å²) in [5.74, 6) is 0. The summed E-state index contributed by atoms with van der Waals surface area (Å²) < 4.78 is 0. The fraction of sp³-hybridized carbons (Fsp3) is 0.154. The van der Waals surface area contributed by atoms with E-state index in [4.69, 9.17) is 0 Å². The van der Waals surface area contributed by atoms with Crippen LogP contribution in [0, 0.1) is 7.05 Å². The SMILES string of the molecule is [CH2-]N1Cc2cccc3cccc(c23)C1. The van der Waals surface area contributed by atoms with Crippen molar-refractivity contribution in [3.05, 3.63) is 54.6 Å². The normalized spacial score (nSPS) is 16.1. The molecule has 0 amide bonds. The third kappa shape index (κ3) is 1.06. The average Bonchev–Trinajstić information content (AvgIpc) is 2.18. The summed E-state index contributed by atoms with van der Waals surface area (Å²) in [7, 11) is 4.02. The van der Waals surface area contributed by atoms with Gasteiger partial charge in [-0.2, -0.15) is 0 Å². The molecule has 0 fully saturated rings. The maximum Gasteiger partial charge on any atom is -0.00363 e. The van der Waals surface area contributed by atoms with Gasteiger partial charge in [-0.3, -0.25) is 7.05 Å². The molecule has 70 valence electrons. The Morgan fingerprint density at radius 3 is 2.07 bits per heavy atom. The van der Waals surface area contributed by atoms with Crippen molar-refractivity contribution in [2.75, 3.05) is 0 Å². The molecule has 1 heteroatoms. The molecule has 0 aromatic heterocycles. The highest BCUT2D eigenvalue weighted by Crippen LogP contribution is 2.29. The summed E-state index contributed by atoms with van der Waals surface area (Å²) in [6.45, 7) is 1.93. The molecule has 1 heterocycles. The van der Waals surface area contributed by atoms with Crippen LogP contribution in [-0.4, -0.2) is 4.90 Å². The molecule has 0 N–H and O–H groups in total. The Labute approximate surface area is 84.0 Å². The van der Waals surface area contributed by atoms with Crippen molar-refractivity contribution in [3.63, 3.8) is 0 Å². The van der Waals surface area contributed by atoms with E-state index in [9.17, 15) is 0 Å². The van der Waals surface area contributed by atoms with Crippen LogP contribution in [0.2, 0.25) is 0 Å². The number of hydrogen-bond donors (Lipinski definition) is 0. The van der Waals surface area contributed by atoms with Crippen LogP contribution in [0.1, 0.15) is 11.1 Å². The predicted octanol–water partition coefficient (Wildman–Crippen LogP) is 2.95. The molecule has 1 aliphatic rings. The van der Waals surface area contributed by atoms with Crippen LogP contribution < -0.4 is 0 Å². The van der Waals surface area contributed by atoms with Gasteiger partial charge in [0, 0.05) is 0 Å². The van der Waals surface area contributed by atoms with Gasteiger partial charge in [0.15, 0.2) is 0 Å². The summed E-state index contributed by atoms with van der Waals surface area (Å²) >= 11 is 0. The third-order valence-electron chi connectivity index (χ3n) is 2.87. The van der Waals surface area contributed by atoms with Crippen LogP contribution in [0.15, 0.2) is 36.4 Å². The Hall–Kier alpha value is -1.34. The van der Waals surface area contributed by atoms with Gasteiger partial charge in [-0.15, -0.1) is 0 Å². The first kappa shape index (κ1) is 8.01. The smallest absolute Gasteiger partial charge is 0.00363 e. The quantitative estimate of drug-likeness (QED) is 0.566. The lowest BCUT2D eigenvalue weighted by Crippen LogP contribution is -2.19. The van der Waals surface area contributed by atoms with E-state index in [-0.39, 0.29) is 0 Å². The minimum absolute atomic E-state index is 0.967. The zero-order valence-electron chi connectivity index (χ0n) is 8.03. The molecule has 0 aliphatic carbocycles. The summed E-state index contributed by atoms with van der Waals surface area (Å²) in [6.07, 6.45) is 0. The van der Waals surface area contributed by atoms with E-state index in [0.29, 0.717) is 0 Å². The molecule has 0 atom stereocenters. The maximum absolute atomic E-state index is 4.02. The van der Waals surface area contributed by atoms with Crippen LogP contribution in [0.3, 0.4) is 0 Å². The predicted molar refractivity (Wildman–Crippen MR) is 58.6 cm³/mol. The zero-order chi connectivity index (χ0) is 9.54. The van der Waals surface area contributed by atoms with Gasteiger partial charge in [0.1, 0.15) is 0 Å². The van der Waals surface area contributed by atoms with Gasteiger partial charge in [-0.25, -0.2) is 0 Å². The fourth-order valence-corrected chi connectivity index (χ4v) is 2.30. The van der Waals surface area contributed by atoms with Gasteiger partial charge in [-0.1, -0.05) is 36.4 Å². The molecule has 0 bridgehead atoms. The van der Waals surface area contributed by atoms with E-state index in [1.165, 1.54) is 21.9 Å². The van der Waals surface area contributed by atoms with E-state index in [0.717, 1.165) is 13.1 Å². The monoisotopic (exact) mass is 182 g/mol. The molecule has 3 rings (SSSR count). The lowest BCUT2D eigenvalue weighted by atomic mass is 9.96. The van der Waals surface area contributed by atoms with Gasteiger partial charge in [0.25, 0.3) is 0 Å². The summed E-state index contributed by atoms with van der Waals surface area (Å²) in [5, 5.41) is 2.79. The van der Waals surface area contributed by atoms with Crippen LogP contribution >= 0.6 is 0 Å². The highest BCUT2D eigenvalue weighted by atomic mass is 15.1. The second-order valence-electron chi connectivity index (χ2n) is 3.92. The molecule has 0 saturated carbocycles. The standard InChI is InChI=1S/C13H12N/c1-14-8-11-6-2-4-10-5-3-7-12(9-14)13(10)11/h2-7H,1,8-9H2/q-1. The molecule has 0 unspecified atom stereocenters. The second-order valence-corrected chi connectivity index (χ2v) is 3.92. The Kier molecular flexibility index (Phi) is 1.62. The van der Waals surface area contributed by atoms with Gasteiger partial charge in [-0.05, 0) is 35.0 Å². The molecular formula is C13H12N-. The topological polar surface area (TPSA) is 3.24 Å². The summed E-state index contributed by atoms with van der Waals surface area (Å²) in [6, 6.07) is 13.0. The zero-order valence-corrected chi connectivity index (χ0v) is 8.03. The molecular weight excluding hydrogens is 170 g/mol. The molecule has 0 saturated heterocycles. The summed E-state index contributed by atoms with van der Waals surface area (Å²) in [4.78, 5) is 2.11. The van der Waals surface area contributed by atoms with E-state index >= 15 is 0 Å². The average molecular weight is 182 g/mol. The van der Waals surface area contributed by atoms with Crippen LogP contribution in [0.25, 0.3) is 10.8 Å². The van der Waals surface area contributed by atoms with E-state index < -0.39 is 0 Å². The molecule has 2 aromatic carbocycles. The number of rotatable bonds is 0. The number of hydrogen-bond acceptors (Lipinski definition) is 1. The van der Waals surface area contributed by atoms with Gasteiger partial charge < -0.3 is 4.90 Å². The van der Waals surface area contributed by atoms with Crippen molar-refractivity contribution < 1.29 is 0 Å². The Morgan fingerprint density at radius 2 is 1.50 bits per heavy atom. The molecule has 1 nitrogen and oxygen atoms in total. The number of benzene rings is 2. The Balaban J connectivity index is 2.40. The van der Waals surface area contributed by atoms with Crippen molar-refractivity contribution in [1.29, 1.82) is 0 Å². The van der Waals surface area contributed by atoms with Crippen molar-refractivity contribution >= 4 is 10.8 Å². The van der Waals surface area contributed by atoms with E-state index in [1.54, 1.807) is 0 Å². The lowest BCUT2D eigenvalue weighted by Gasteiger charge is -2.31. The maximum atomic E-state index is 4.02.